The lowest BCUT2D eigenvalue weighted by Crippen LogP contribution is -2.49. The first-order valence-electron chi connectivity index (χ1n) is 9.40. The molecule has 144 valence electrons. The van der Waals surface area contributed by atoms with Gasteiger partial charge in [0, 0.05) is 32.2 Å². The molecule has 7 heteroatoms. The van der Waals surface area contributed by atoms with Crippen LogP contribution in [0, 0.1) is 0 Å². The second kappa shape index (κ2) is 8.70. The number of methoxy groups -OCH3 is 1. The number of amides is 1. The molecule has 0 aliphatic carbocycles. The maximum absolute atomic E-state index is 12.7. The highest BCUT2D eigenvalue weighted by Gasteiger charge is 2.24. The van der Waals surface area contributed by atoms with Crippen LogP contribution in [0.15, 0.2) is 36.4 Å². The number of rotatable bonds is 6. The summed E-state index contributed by atoms with van der Waals surface area (Å²) in [6.07, 6.45) is 0.999. The molecule has 0 bridgehead atoms. The average molecular weight is 369 g/mol. The fraction of sp³-hybridized carbons (Fsp3) is 0.450. The maximum Gasteiger partial charge on any atom is 0.274 e. The van der Waals surface area contributed by atoms with E-state index in [1.165, 1.54) is 0 Å². The molecule has 1 atom stereocenters. The topological polar surface area (TPSA) is 70.6 Å². The number of nitrogens with zero attached hydrogens (tertiary/aromatic N) is 4. The van der Waals surface area contributed by atoms with Gasteiger partial charge in [0.2, 0.25) is 0 Å². The molecular formula is C20H27N5O2. The van der Waals surface area contributed by atoms with E-state index in [0.717, 1.165) is 30.9 Å². The second-order valence-corrected chi connectivity index (χ2v) is 6.71. The van der Waals surface area contributed by atoms with E-state index in [4.69, 9.17) is 4.74 Å². The molecule has 0 spiro atoms. The molecule has 1 aromatic carbocycles. The molecule has 1 unspecified atom stereocenters. The van der Waals surface area contributed by atoms with Crippen molar-refractivity contribution in [3.05, 3.63) is 42.1 Å². The van der Waals surface area contributed by atoms with Crippen molar-refractivity contribution < 1.29 is 9.53 Å². The summed E-state index contributed by atoms with van der Waals surface area (Å²) >= 11 is 0. The summed E-state index contributed by atoms with van der Waals surface area (Å²) in [6, 6.07) is 11.8. The normalized spacial score (nSPS) is 15.4. The quantitative estimate of drug-likeness (QED) is 0.844. The third-order valence-electron chi connectivity index (χ3n) is 4.88. The van der Waals surface area contributed by atoms with Gasteiger partial charge in [-0.1, -0.05) is 19.1 Å². The highest BCUT2D eigenvalue weighted by molar-refractivity contribution is 5.92. The van der Waals surface area contributed by atoms with Crippen molar-refractivity contribution in [2.24, 2.45) is 0 Å². The molecule has 1 N–H and O–H groups in total. The van der Waals surface area contributed by atoms with Gasteiger partial charge < -0.3 is 19.9 Å². The Hall–Kier alpha value is -2.83. The summed E-state index contributed by atoms with van der Waals surface area (Å²) in [7, 11) is 1.68. The summed E-state index contributed by atoms with van der Waals surface area (Å²) in [5.74, 6) is 1.48. The minimum absolute atomic E-state index is 0.0720. The zero-order valence-corrected chi connectivity index (χ0v) is 16.2. The molecule has 1 aromatic heterocycles. The molecule has 1 fully saturated rings. The fourth-order valence-corrected chi connectivity index (χ4v) is 3.08. The Morgan fingerprint density at radius 2 is 1.89 bits per heavy atom. The largest absolute Gasteiger partial charge is 0.495 e. The Bertz CT molecular complexity index is 757. The van der Waals surface area contributed by atoms with E-state index in [-0.39, 0.29) is 5.91 Å². The van der Waals surface area contributed by atoms with Crippen molar-refractivity contribution in [1.29, 1.82) is 0 Å². The number of aromatic nitrogens is 2. The summed E-state index contributed by atoms with van der Waals surface area (Å²) in [5, 5.41) is 11.5. The molecule has 1 aliphatic rings. The number of ether oxygens (including phenoxy) is 1. The molecule has 2 heterocycles. The fourth-order valence-electron chi connectivity index (χ4n) is 3.08. The molecular weight excluding hydrogens is 342 g/mol. The first kappa shape index (κ1) is 18.9. The van der Waals surface area contributed by atoms with Crippen LogP contribution in [0.2, 0.25) is 0 Å². The van der Waals surface area contributed by atoms with Crippen LogP contribution >= 0.6 is 0 Å². The number of hydrogen-bond donors (Lipinski definition) is 1. The summed E-state index contributed by atoms with van der Waals surface area (Å²) in [5.41, 5.74) is 1.45. The van der Waals surface area contributed by atoms with E-state index >= 15 is 0 Å². The molecule has 0 saturated carbocycles. The Balaban J connectivity index is 1.60. The summed E-state index contributed by atoms with van der Waals surface area (Å²) in [4.78, 5) is 16.8. The van der Waals surface area contributed by atoms with E-state index < -0.39 is 0 Å². The standard InChI is InChI=1S/C20H27N5O2/c1-4-15(2)21-19-10-9-16(22-23-19)20(26)25-13-11-24(12-14-25)17-7-5-6-8-18(17)27-3/h5-10,15H,4,11-14H2,1-3H3,(H,21,23). The van der Waals surface area contributed by atoms with Crippen molar-refractivity contribution in [3.8, 4) is 5.75 Å². The predicted octanol–water partition coefficient (Wildman–Crippen LogP) is 2.66. The Morgan fingerprint density at radius 1 is 1.15 bits per heavy atom. The SMILES string of the molecule is CCC(C)Nc1ccc(C(=O)N2CCN(c3ccccc3OC)CC2)nn1. The van der Waals surface area contributed by atoms with E-state index in [1.54, 1.807) is 13.2 Å². The van der Waals surface area contributed by atoms with Crippen LogP contribution in [0.25, 0.3) is 0 Å². The van der Waals surface area contributed by atoms with Gasteiger partial charge in [-0.25, -0.2) is 0 Å². The first-order chi connectivity index (χ1) is 13.1. The minimum Gasteiger partial charge on any atom is -0.495 e. The second-order valence-electron chi connectivity index (χ2n) is 6.71. The number of benzene rings is 1. The van der Waals surface area contributed by atoms with E-state index in [2.05, 4.69) is 34.3 Å². The van der Waals surface area contributed by atoms with Crippen molar-refractivity contribution >= 4 is 17.4 Å². The first-order valence-corrected chi connectivity index (χ1v) is 9.40. The lowest BCUT2D eigenvalue weighted by Gasteiger charge is -2.36. The van der Waals surface area contributed by atoms with Gasteiger partial charge >= 0.3 is 0 Å². The van der Waals surface area contributed by atoms with Crippen LogP contribution in [0.3, 0.4) is 0 Å². The van der Waals surface area contributed by atoms with Crippen LogP contribution in [0.1, 0.15) is 30.8 Å². The van der Waals surface area contributed by atoms with Gasteiger partial charge in [0.15, 0.2) is 5.69 Å². The van der Waals surface area contributed by atoms with E-state index in [9.17, 15) is 4.79 Å². The lowest BCUT2D eigenvalue weighted by atomic mass is 10.2. The predicted molar refractivity (Wildman–Crippen MR) is 107 cm³/mol. The Kier molecular flexibility index (Phi) is 6.11. The van der Waals surface area contributed by atoms with Gasteiger partial charge in [-0.15, -0.1) is 10.2 Å². The number of carbonyl (C=O) groups excluding carboxylic acids is 1. The molecule has 1 aliphatic heterocycles. The molecule has 3 rings (SSSR count). The maximum atomic E-state index is 12.7. The minimum atomic E-state index is -0.0720. The number of nitrogens with one attached hydrogen (secondary N) is 1. The van der Waals surface area contributed by atoms with Crippen LogP contribution in [0.5, 0.6) is 5.75 Å². The van der Waals surface area contributed by atoms with Crippen molar-refractivity contribution in [1.82, 2.24) is 15.1 Å². The van der Waals surface area contributed by atoms with Crippen LogP contribution in [0.4, 0.5) is 11.5 Å². The highest BCUT2D eigenvalue weighted by atomic mass is 16.5. The van der Waals surface area contributed by atoms with Crippen LogP contribution in [-0.2, 0) is 0 Å². The summed E-state index contributed by atoms with van der Waals surface area (Å²) < 4.78 is 5.44. The van der Waals surface area contributed by atoms with Gasteiger partial charge in [-0.05, 0) is 37.6 Å². The molecule has 1 amide bonds. The molecule has 1 saturated heterocycles. The molecule has 2 aromatic rings. The van der Waals surface area contributed by atoms with E-state index in [0.29, 0.717) is 30.6 Å². The number of hydrogen-bond acceptors (Lipinski definition) is 6. The van der Waals surface area contributed by atoms with Crippen LogP contribution < -0.4 is 15.0 Å². The lowest BCUT2D eigenvalue weighted by molar-refractivity contribution is 0.0739. The van der Waals surface area contributed by atoms with Gasteiger partial charge in [0.1, 0.15) is 11.6 Å². The molecule has 7 nitrogen and oxygen atoms in total. The average Bonchev–Trinajstić information content (AvgIpc) is 2.73. The third kappa shape index (κ3) is 4.48. The highest BCUT2D eigenvalue weighted by Crippen LogP contribution is 2.28. The molecule has 0 radical (unpaired) electrons. The number of piperazine rings is 1. The Morgan fingerprint density at radius 3 is 2.52 bits per heavy atom. The summed E-state index contributed by atoms with van der Waals surface area (Å²) in [6.45, 7) is 6.99. The van der Waals surface area contributed by atoms with E-state index in [1.807, 2.05) is 35.2 Å². The number of anilines is 2. The number of carbonyl (C=O) groups is 1. The zero-order chi connectivity index (χ0) is 19.2. The van der Waals surface area contributed by atoms with Crippen molar-refractivity contribution in [2.75, 3.05) is 43.5 Å². The Labute approximate surface area is 160 Å². The monoisotopic (exact) mass is 369 g/mol. The molecule has 27 heavy (non-hydrogen) atoms. The van der Waals surface area contributed by atoms with Gasteiger partial charge in [-0.2, -0.15) is 0 Å². The van der Waals surface area contributed by atoms with Crippen molar-refractivity contribution in [3.63, 3.8) is 0 Å². The number of para-hydroxylation sites is 2. The van der Waals surface area contributed by atoms with Gasteiger partial charge in [-0.3, -0.25) is 4.79 Å². The van der Waals surface area contributed by atoms with Crippen molar-refractivity contribution in [2.45, 2.75) is 26.3 Å². The van der Waals surface area contributed by atoms with Gasteiger partial charge in [0.25, 0.3) is 5.91 Å². The third-order valence-corrected chi connectivity index (χ3v) is 4.88. The smallest absolute Gasteiger partial charge is 0.274 e. The van der Waals surface area contributed by atoms with Gasteiger partial charge in [0.05, 0.1) is 12.8 Å². The zero-order valence-electron chi connectivity index (χ0n) is 16.2. The van der Waals surface area contributed by atoms with Crippen LogP contribution in [-0.4, -0.2) is 60.3 Å².